The standard InChI is InChI=1S/C17H26N4OS.ClH/c1-13(2)15(21-5-7-22-8-6-21)12-18-10-14-11-19-20-17(14)16-4-3-9-23-16;/h3-4,9,11,13,15,18H,5-8,10,12H2,1-2H3,(H,19,20);1H. The maximum Gasteiger partial charge on any atom is 0.0794 e. The lowest BCUT2D eigenvalue weighted by atomic mass is 10.0. The van der Waals surface area contributed by atoms with Gasteiger partial charge in [-0.05, 0) is 17.4 Å². The molecule has 0 radical (unpaired) electrons. The van der Waals surface area contributed by atoms with Gasteiger partial charge >= 0.3 is 0 Å². The number of rotatable bonds is 7. The molecule has 1 aliphatic rings. The van der Waals surface area contributed by atoms with Gasteiger partial charge in [-0.2, -0.15) is 5.10 Å². The number of halogens is 1. The summed E-state index contributed by atoms with van der Waals surface area (Å²) in [6.07, 6.45) is 1.93. The van der Waals surface area contributed by atoms with Crippen molar-refractivity contribution in [2.75, 3.05) is 32.8 Å². The zero-order valence-corrected chi connectivity index (χ0v) is 16.0. The van der Waals surface area contributed by atoms with Gasteiger partial charge in [0.15, 0.2) is 0 Å². The van der Waals surface area contributed by atoms with E-state index in [-0.39, 0.29) is 12.4 Å². The van der Waals surface area contributed by atoms with Crippen molar-refractivity contribution in [1.82, 2.24) is 20.4 Å². The molecule has 3 heterocycles. The van der Waals surface area contributed by atoms with E-state index in [1.54, 1.807) is 11.3 Å². The molecular weight excluding hydrogens is 344 g/mol. The molecule has 0 aliphatic carbocycles. The Balaban J connectivity index is 0.00000208. The summed E-state index contributed by atoms with van der Waals surface area (Å²) in [6.45, 7) is 10.2. The summed E-state index contributed by atoms with van der Waals surface area (Å²) in [5.41, 5.74) is 2.37. The maximum atomic E-state index is 5.48. The number of hydrogen-bond donors (Lipinski definition) is 2. The molecule has 1 saturated heterocycles. The van der Waals surface area contributed by atoms with E-state index in [4.69, 9.17) is 4.74 Å². The molecule has 0 saturated carbocycles. The summed E-state index contributed by atoms with van der Waals surface area (Å²) in [7, 11) is 0. The van der Waals surface area contributed by atoms with Crippen LogP contribution in [0.3, 0.4) is 0 Å². The largest absolute Gasteiger partial charge is 0.379 e. The average molecular weight is 371 g/mol. The van der Waals surface area contributed by atoms with E-state index in [2.05, 4.69) is 51.8 Å². The number of H-pyrrole nitrogens is 1. The Labute approximate surface area is 154 Å². The number of aromatic nitrogens is 2. The molecule has 0 amide bonds. The number of nitrogens with one attached hydrogen (secondary N) is 2. The second-order valence-corrected chi connectivity index (χ2v) is 7.29. The van der Waals surface area contributed by atoms with Gasteiger partial charge in [0, 0.05) is 37.8 Å². The van der Waals surface area contributed by atoms with Crippen LogP contribution >= 0.6 is 23.7 Å². The van der Waals surface area contributed by atoms with E-state index < -0.39 is 0 Å². The minimum atomic E-state index is 0. The molecule has 0 aromatic carbocycles. The molecular formula is C17H27ClN4OS. The highest BCUT2D eigenvalue weighted by atomic mass is 35.5. The molecule has 134 valence electrons. The van der Waals surface area contributed by atoms with Crippen LogP contribution in [0, 0.1) is 5.92 Å². The minimum Gasteiger partial charge on any atom is -0.379 e. The molecule has 2 aromatic heterocycles. The quantitative estimate of drug-likeness (QED) is 0.786. The molecule has 24 heavy (non-hydrogen) atoms. The Hall–Kier alpha value is -0.920. The molecule has 2 N–H and O–H groups in total. The summed E-state index contributed by atoms with van der Waals surface area (Å²) < 4.78 is 5.48. The number of aromatic amines is 1. The van der Waals surface area contributed by atoms with Gasteiger partial charge in [-0.25, -0.2) is 0 Å². The predicted molar refractivity (Wildman–Crippen MR) is 102 cm³/mol. The highest BCUT2D eigenvalue weighted by molar-refractivity contribution is 7.13. The third-order valence-electron chi connectivity index (χ3n) is 4.44. The van der Waals surface area contributed by atoms with Crippen molar-refractivity contribution in [2.45, 2.75) is 26.4 Å². The third-order valence-corrected chi connectivity index (χ3v) is 5.33. The highest BCUT2D eigenvalue weighted by Crippen LogP contribution is 2.25. The fourth-order valence-corrected chi connectivity index (χ4v) is 3.89. The molecule has 1 aliphatic heterocycles. The van der Waals surface area contributed by atoms with Crippen LogP contribution in [-0.4, -0.2) is 54.0 Å². The van der Waals surface area contributed by atoms with E-state index in [1.807, 2.05) is 6.20 Å². The SMILES string of the molecule is CC(C)C(CNCc1cn[nH]c1-c1cccs1)N1CCOCC1.Cl. The fraction of sp³-hybridized carbons (Fsp3) is 0.588. The first-order chi connectivity index (χ1) is 11.3. The van der Waals surface area contributed by atoms with Crippen molar-refractivity contribution in [3.63, 3.8) is 0 Å². The molecule has 2 aromatic rings. The van der Waals surface area contributed by atoms with Crippen LogP contribution in [0.1, 0.15) is 19.4 Å². The van der Waals surface area contributed by atoms with E-state index in [0.717, 1.165) is 45.1 Å². The van der Waals surface area contributed by atoms with Gasteiger partial charge in [-0.3, -0.25) is 10.00 Å². The van der Waals surface area contributed by atoms with E-state index in [0.29, 0.717) is 12.0 Å². The third kappa shape index (κ3) is 4.80. The summed E-state index contributed by atoms with van der Waals surface area (Å²) in [5, 5.41) is 13.1. The molecule has 5 nitrogen and oxygen atoms in total. The Morgan fingerprint density at radius 2 is 2.17 bits per heavy atom. The first-order valence-electron chi connectivity index (χ1n) is 8.34. The fourth-order valence-electron chi connectivity index (χ4n) is 3.13. The molecule has 0 bridgehead atoms. The summed E-state index contributed by atoms with van der Waals surface area (Å²) >= 11 is 1.74. The zero-order chi connectivity index (χ0) is 16.1. The second-order valence-electron chi connectivity index (χ2n) is 6.34. The maximum absolute atomic E-state index is 5.48. The summed E-state index contributed by atoms with van der Waals surface area (Å²) in [4.78, 5) is 3.80. The monoisotopic (exact) mass is 370 g/mol. The Kier molecular flexibility index (Phi) is 7.71. The van der Waals surface area contributed by atoms with Gasteiger partial charge in [0.05, 0.1) is 30.0 Å². The molecule has 1 unspecified atom stereocenters. The second kappa shape index (κ2) is 9.53. The number of ether oxygens (including phenoxy) is 1. The van der Waals surface area contributed by atoms with Crippen LogP contribution in [0.5, 0.6) is 0 Å². The van der Waals surface area contributed by atoms with Gasteiger partial charge in [0.1, 0.15) is 0 Å². The summed E-state index contributed by atoms with van der Waals surface area (Å²) in [5.74, 6) is 0.627. The van der Waals surface area contributed by atoms with Gasteiger partial charge in [-0.15, -0.1) is 23.7 Å². The number of nitrogens with zero attached hydrogens (tertiary/aromatic N) is 2. The van der Waals surface area contributed by atoms with Crippen molar-refractivity contribution >= 4 is 23.7 Å². The molecule has 1 atom stereocenters. The smallest absolute Gasteiger partial charge is 0.0794 e. The average Bonchev–Trinajstić information content (AvgIpc) is 3.23. The van der Waals surface area contributed by atoms with Gasteiger partial charge in [0.25, 0.3) is 0 Å². The van der Waals surface area contributed by atoms with Gasteiger partial charge < -0.3 is 10.1 Å². The molecule has 0 spiro atoms. The Morgan fingerprint density at radius 3 is 2.83 bits per heavy atom. The van der Waals surface area contributed by atoms with Crippen LogP contribution in [0.25, 0.3) is 10.6 Å². The Morgan fingerprint density at radius 1 is 1.38 bits per heavy atom. The zero-order valence-electron chi connectivity index (χ0n) is 14.3. The normalized spacial score (nSPS) is 17.0. The topological polar surface area (TPSA) is 53.2 Å². The number of morpholine rings is 1. The lowest BCUT2D eigenvalue weighted by Gasteiger charge is -2.37. The lowest BCUT2D eigenvalue weighted by molar-refractivity contribution is 0.00648. The number of hydrogen-bond acceptors (Lipinski definition) is 5. The first kappa shape index (κ1) is 19.4. The van der Waals surface area contributed by atoms with Crippen molar-refractivity contribution in [2.24, 2.45) is 5.92 Å². The molecule has 7 heteroatoms. The molecule has 3 rings (SSSR count). The van der Waals surface area contributed by atoms with Crippen molar-refractivity contribution in [3.8, 4) is 10.6 Å². The Bertz CT molecular complexity index is 581. The van der Waals surface area contributed by atoms with Crippen molar-refractivity contribution in [3.05, 3.63) is 29.3 Å². The first-order valence-corrected chi connectivity index (χ1v) is 9.22. The van der Waals surface area contributed by atoms with E-state index in [1.165, 1.54) is 10.4 Å². The van der Waals surface area contributed by atoms with Crippen molar-refractivity contribution in [1.29, 1.82) is 0 Å². The number of thiophene rings is 1. The molecule has 1 fully saturated rings. The van der Waals surface area contributed by atoms with Crippen LogP contribution in [-0.2, 0) is 11.3 Å². The van der Waals surface area contributed by atoms with Gasteiger partial charge in [-0.1, -0.05) is 19.9 Å². The highest BCUT2D eigenvalue weighted by Gasteiger charge is 2.23. The van der Waals surface area contributed by atoms with E-state index >= 15 is 0 Å². The van der Waals surface area contributed by atoms with Crippen molar-refractivity contribution < 1.29 is 4.74 Å². The van der Waals surface area contributed by atoms with E-state index in [9.17, 15) is 0 Å². The van der Waals surface area contributed by atoms with Crippen LogP contribution in [0.4, 0.5) is 0 Å². The lowest BCUT2D eigenvalue weighted by Crippen LogP contribution is -2.50. The van der Waals surface area contributed by atoms with Gasteiger partial charge in [0.2, 0.25) is 0 Å². The van der Waals surface area contributed by atoms with Crippen LogP contribution in [0.2, 0.25) is 0 Å². The summed E-state index contributed by atoms with van der Waals surface area (Å²) in [6, 6.07) is 4.76. The predicted octanol–water partition coefficient (Wildman–Crippen LogP) is 3.01. The van der Waals surface area contributed by atoms with Crippen LogP contribution in [0.15, 0.2) is 23.7 Å². The van der Waals surface area contributed by atoms with Crippen LogP contribution < -0.4 is 5.32 Å². The minimum absolute atomic E-state index is 0.